The number of hydrogen-bond donors (Lipinski definition) is 0. The molecule has 7 heteroatoms. The van der Waals surface area contributed by atoms with Crippen molar-refractivity contribution in [3.63, 3.8) is 0 Å². The number of rotatable bonds is 3. The van der Waals surface area contributed by atoms with E-state index in [0.29, 0.717) is 44.3 Å². The normalized spacial score (nSPS) is 22.5. The van der Waals surface area contributed by atoms with Crippen LogP contribution in [0.4, 0.5) is 18.9 Å². The van der Waals surface area contributed by atoms with Crippen molar-refractivity contribution in [1.82, 2.24) is 9.80 Å². The molecule has 2 heterocycles. The number of hydrogen-bond acceptors (Lipinski definition) is 3. The molecule has 144 valence electrons. The zero-order valence-corrected chi connectivity index (χ0v) is 15.1. The fourth-order valence-corrected chi connectivity index (χ4v) is 3.75. The summed E-state index contributed by atoms with van der Waals surface area (Å²) >= 11 is 0. The Morgan fingerprint density at radius 3 is 2.54 bits per heavy atom. The molecule has 2 fully saturated rings. The number of carbonyl (C=O) groups is 1. The van der Waals surface area contributed by atoms with Gasteiger partial charge in [-0.05, 0) is 37.0 Å². The van der Waals surface area contributed by atoms with E-state index in [2.05, 4.69) is 11.8 Å². The molecule has 2 aliphatic heterocycles. The van der Waals surface area contributed by atoms with E-state index >= 15 is 0 Å². The SMILES string of the molecule is C[C@@H]1CCCN(C(=O)CN2CCN(c3cccc(C(F)(F)F)c3)CC2)C1. The molecule has 3 rings (SSSR count). The molecule has 1 atom stereocenters. The number of carbonyl (C=O) groups excluding carboxylic acids is 1. The number of piperidine rings is 1. The molecular formula is C19H26F3N3O. The van der Waals surface area contributed by atoms with Gasteiger partial charge in [-0.25, -0.2) is 0 Å². The van der Waals surface area contributed by atoms with Gasteiger partial charge in [0, 0.05) is 45.0 Å². The van der Waals surface area contributed by atoms with Gasteiger partial charge in [-0.15, -0.1) is 0 Å². The van der Waals surface area contributed by atoms with E-state index in [4.69, 9.17) is 0 Å². The summed E-state index contributed by atoms with van der Waals surface area (Å²) in [5, 5.41) is 0. The van der Waals surface area contributed by atoms with Gasteiger partial charge in [-0.1, -0.05) is 13.0 Å². The van der Waals surface area contributed by atoms with Gasteiger partial charge in [-0.3, -0.25) is 9.69 Å². The lowest BCUT2D eigenvalue weighted by atomic mass is 10.0. The fourth-order valence-electron chi connectivity index (χ4n) is 3.75. The van der Waals surface area contributed by atoms with Crippen LogP contribution in [0.25, 0.3) is 0 Å². The second kappa shape index (κ2) is 7.86. The minimum absolute atomic E-state index is 0.170. The lowest BCUT2D eigenvalue weighted by Crippen LogP contribution is -2.51. The predicted octanol–water partition coefficient (Wildman–Crippen LogP) is 3.09. The van der Waals surface area contributed by atoms with Gasteiger partial charge in [0.2, 0.25) is 5.91 Å². The standard InChI is InChI=1S/C19H26F3N3O/c1-15-4-3-7-25(13-15)18(26)14-23-8-10-24(11-9-23)17-6-2-5-16(12-17)19(20,21)22/h2,5-6,12,15H,3-4,7-11,13-14H2,1H3/t15-/m1/s1. The summed E-state index contributed by atoms with van der Waals surface area (Å²) < 4.78 is 38.6. The number of halogens is 3. The summed E-state index contributed by atoms with van der Waals surface area (Å²) in [6, 6.07) is 5.46. The monoisotopic (exact) mass is 369 g/mol. The third kappa shape index (κ3) is 4.69. The maximum atomic E-state index is 12.9. The highest BCUT2D eigenvalue weighted by Gasteiger charge is 2.31. The molecule has 2 saturated heterocycles. The molecular weight excluding hydrogens is 343 g/mol. The molecule has 4 nitrogen and oxygen atoms in total. The molecule has 0 radical (unpaired) electrons. The van der Waals surface area contributed by atoms with Crippen molar-refractivity contribution in [2.24, 2.45) is 5.92 Å². The van der Waals surface area contributed by atoms with Crippen LogP contribution in [0.2, 0.25) is 0 Å². The molecule has 1 aromatic carbocycles. The lowest BCUT2D eigenvalue weighted by molar-refractivity contribution is -0.137. The summed E-state index contributed by atoms with van der Waals surface area (Å²) in [4.78, 5) is 18.5. The number of amides is 1. The Hall–Kier alpha value is -1.76. The molecule has 0 saturated carbocycles. The largest absolute Gasteiger partial charge is 0.416 e. The third-order valence-electron chi connectivity index (χ3n) is 5.28. The second-order valence-corrected chi connectivity index (χ2v) is 7.40. The molecule has 1 aromatic rings. The third-order valence-corrected chi connectivity index (χ3v) is 5.28. The Balaban J connectivity index is 1.52. The highest BCUT2D eigenvalue weighted by Crippen LogP contribution is 2.31. The van der Waals surface area contributed by atoms with E-state index < -0.39 is 11.7 Å². The average molecular weight is 369 g/mol. The number of benzene rings is 1. The molecule has 0 aliphatic carbocycles. The van der Waals surface area contributed by atoms with Crippen molar-refractivity contribution in [1.29, 1.82) is 0 Å². The van der Waals surface area contributed by atoms with Crippen molar-refractivity contribution >= 4 is 11.6 Å². The molecule has 0 unspecified atom stereocenters. The van der Waals surface area contributed by atoms with E-state index in [0.717, 1.165) is 25.6 Å². The van der Waals surface area contributed by atoms with Crippen LogP contribution >= 0.6 is 0 Å². The first-order valence-electron chi connectivity index (χ1n) is 9.25. The van der Waals surface area contributed by atoms with E-state index in [-0.39, 0.29) is 5.91 Å². The number of alkyl halides is 3. The zero-order valence-electron chi connectivity index (χ0n) is 15.1. The highest BCUT2D eigenvalue weighted by atomic mass is 19.4. The smallest absolute Gasteiger partial charge is 0.369 e. The minimum atomic E-state index is -4.32. The van der Waals surface area contributed by atoms with Crippen molar-refractivity contribution in [3.05, 3.63) is 29.8 Å². The highest BCUT2D eigenvalue weighted by molar-refractivity contribution is 5.78. The predicted molar refractivity (Wildman–Crippen MR) is 95.1 cm³/mol. The molecule has 26 heavy (non-hydrogen) atoms. The van der Waals surface area contributed by atoms with Gasteiger partial charge in [0.05, 0.1) is 12.1 Å². The van der Waals surface area contributed by atoms with Crippen LogP contribution in [0.5, 0.6) is 0 Å². The molecule has 1 amide bonds. The van der Waals surface area contributed by atoms with Crippen molar-refractivity contribution in [2.45, 2.75) is 25.9 Å². The lowest BCUT2D eigenvalue weighted by Gasteiger charge is -2.38. The van der Waals surface area contributed by atoms with Gasteiger partial charge in [0.1, 0.15) is 0 Å². The van der Waals surface area contributed by atoms with Crippen molar-refractivity contribution in [3.8, 4) is 0 Å². The Labute approximate surface area is 152 Å². The van der Waals surface area contributed by atoms with Crippen LogP contribution in [0, 0.1) is 5.92 Å². The van der Waals surface area contributed by atoms with Crippen molar-refractivity contribution < 1.29 is 18.0 Å². The zero-order chi connectivity index (χ0) is 18.7. The Kier molecular flexibility index (Phi) is 5.75. The van der Waals surface area contributed by atoms with Crippen LogP contribution in [0.3, 0.4) is 0 Å². The summed E-state index contributed by atoms with van der Waals surface area (Å²) in [5.74, 6) is 0.731. The minimum Gasteiger partial charge on any atom is -0.369 e. The number of anilines is 1. The van der Waals surface area contributed by atoms with E-state index in [1.54, 1.807) is 6.07 Å². The first-order valence-corrected chi connectivity index (χ1v) is 9.25. The molecule has 2 aliphatic rings. The summed E-state index contributed by atoms with van der Waals surface area (Å²) in [6.07, 6.45) is -2.08. The van der Waals surface area contributed by atoms with Crippen LogP contribution in [-0.4, -0.2) is 61.5 Å². The summed E-state index contributed by atoms with van der Waals surface area (Å²) in [7, 11) is 0. The van der Waals surface area contributed by atoms with Crippen LogP contribution < -0.4 is 4.90 Å². The molecule has 0 N–H and O–H groups in total. The Bertz CT molecular complexity index is 627. The fraction of sp³-hybridized carbons (Fsp3) is 0.632. The van der Waals surface area contributed by atoms with Gasteiger partial charge < -0.3 is 9.80 Å². The van der Waals surface area contributed by atoms with E-state index in [1.165, 1.54) is 18.6 Å². The van der Waals surface area contributed by atoms with E-state index in [1.807, 2.05) is 9.80 Å². The quantitative estimate of drug-likeness (QED) is 0.819. The van der Waals surface area contributed by atoms with Crippen LogP contribution in [0.15, 0.2) is 24.3 Å². The number of piperazine rings is 1. The second-order valence-electron chi connectivity index (χ2n) is 7.40. The number of nitrogens with zero attached hydrogens (tertiary/aromatic N) is 3. The Morgan fingerprint density at radius 1 is 1.15 bits per heavy atom. The van der Waals surface area contributed by atoms with Crippen LogP contribution in [0.1, 0.15) is 25.3 Å². The average Bonchev–Trinajstić information content (AvgIpc) is 2.62. The van der Waals surface area contributed by atoms with Gasteiger partial charge in [0.25, 0.3) is 0 Å². The topological polar surface area (TPSA) is 26.8 Å². The molecule has 0 aromatic heterocycles. The van der Waals surface area contributed by atoms with E-state index in [9.17, 15) is 18.0 Å². The number of likely N-dealkylation sites (tertiary alicyclic amines) is 1. The van der Waals surface area contributed by atoms with Gasteiger partial charge >= 0.3 is 6.18 Å². The van der Waals surface area contributed by atoms with Crippen LogP contribution in [-0.2, 0) is 11.0 Å². The first-order chi connectivity index (χ1) is 12.3. The van der Waals surface area contributed by atoms with Gasteiger partial charge in [-0.2, -0.15) is 13.2 Å². The molecule has 0 spiro atoms. The first kappa shape index (κ1) is 19.0. The molecule has 0 bridgehead atoms. The summed E-state index contributed by atoms with van der Waals surface area (Å²) in [6.45, 7) is 6.89. The Morgan fingerprint density at radius 2 is 1.88 bits per heavy atom. The maximum absolute atomic E-state index is 12.9. The maximum Gasteiger partial charge on any atom is 0.416 e. The van der Waals surface area contributed by atoms with Crippen molar-refractivity contribution in [2.75, 3.05) is 50.7 Å². The summed E-state index contributed by atoms with van der Waals surface area (Å²) in [5.41, 5.74) is -0.0255. The van der Waals surface area contributed by atoms with Gasteiger partial charge in [0.15, 0.2) is 0 Å².